The molecule has 0 spiro atoms. The van der Waals surface area contributed by atoms with Crippen LogP contribution in [0.5, 0.6) is 0 Å². The highest BCUT2D eigenvalue weighted by molar-refractivity contribution is 5.43. The number of rotatable bonds is 10. The van der Waals surface area contributed by atoms with E-state index >= 15 is 0 Å². The Morgan fingerprint density at radius 2 is 2.16 bits per heavy atom. The number of anilines is 1. The Kier molecular flexibility index (Phi) is 8.18. The summed E-state index contributed by atoms with van der Waals surface area (Å²) >= 11 is 0. The van der Waals surface area contributed by atoms with E-state index < -0.39 is 0 Å². The minimum absolute atomic E-state index is 0.302. The highest BCUT2D eigenvalue weighted by atomic mass is 16.2. The van der Waals surface area contributed by atoms with Crippen LogP contribution in [0.25, 0.3) is 0 Å². The van der Waals surface area contributed by atoms with Gasteiger partial charge in [-0.3, -0.25) is 4.98 Å². The van der Waals surface area contributed by atoms with Gasteiger partial charge in [-0.25, -0.2) is 0 Å². The molecule has 1 aromatic rings. The molecule has 0 saturated carbocycles. The van der Waals surface area contributed by atoms with Crippen molar-refractivity contribution in [2.75, 3.05) is 32.1 Å². The number of aliphatic hydroxyl groups excluding tert-OH is 1. The van der Waals surface area contributed by atoms with Crippen molar-refractivity contribution in [1.82, 2.24) is 9.88 Å². The number of hydrogen-bond acceptors (Lipinski definition) is 4. The van der Waals surface area contributed by atoms with Gasteiger partial charge in [0.05, 0.1) is 5.69 Å². The summed E-state index contributed by atoms with van der Waals surface area (Å²) in [6.45, 7) is 5.39. The lowest BCUT2D eigenvalue weighted by atomic mass is 10.2. The van der Waals surface area contributed by atoms with Gasteiger partial charge in [0.1, 0.15) is 0 Å². The maximum atomic E-state index is 8.74. The summed E-state index contributed by atoms with van der Waals surface area (Å²) in [4.78, 5) is 6.69. The zero-order valence-electron chi connectivity index (χ0n) is 12.2. The van der Waals surface area contributed by atoms with Gasteiger partial charge in [0.15, 0.2) is 0 Å². The van der Waals surface area contributed by atoms with Gasteiger partial charge in [0.25, 0.3) is 0 Å². The van der Waals surface area contributed by atoms with E-state index in [4.69, 9.17) is 5.11 Å². The van der Waals surface area contributed by atoms with Crippen LogP contribution in [0.1, 0.15) is 38.3 Å². The summed E-state index contributed by atoms with van der Waals surface area (Å²) in [5.41, 5.74) is 2.26. The molecule has 4 heteroatoms. The largest absolute Gasteiger partial charge is 0.396 e. The Morgan fingerprint density at radius 3 is 2.89 bits per heavy atom. The smallest absolute Gasteiger partial charge is 0.0564 e. The molecule has 1 rings (SSSR count). The van der Waals surface area contributed by atoms with Crippen LogP contribution in [0.15, 0.2) is 18.3 Å². The summed E-state index contributed by atoms with van der Waals surface area (Å²) in [6.07, 6.45) is 6.12. The monoisotopic (exact) mass is 265 g/mol. The van der Waals surface area contributed by atoms with Crippen molar-refractivity contribution in [2.45, 2.75) is 39.2 Å². The molecule has 0 aromatic carbocycles. The van der Waals surface area contributed by atoms with Crippen LogP contribution in [0.4, 0.5) is 5.69 Å². The molecule has 108 valence electrons. The first kappa shape index (κ1) is 15.9. The van der Waals surface area contributed by atoms with Crippen LogP contribution in [0.3, 0.4) is 0 Å². The second kappa shape index (κ2) is 9.75. The van der Waals surface area contributed by atoms with E-state index in [2.05, 4.69) is 35.2 Å². The molecule has 0 aliphatic rings. The standard InChI is InChI=1S/C15H27N3O/c1-3-8-16-14-7-9-17-15(12-14)13-18(2)10-5-4-6-11-19/h7,9,12,19H,3-6,8,10-11,13H2,1-2H3,(H,16,17). The van der Waals surface area contributed by atoms with Crippen molar-refractivity contribution in [3.05, 3.63) is 24.0 Å². The Bertz CT molecular complexity index is 344. The van der Waals surface area contributed by atoms with Gasteiger partial charge in [-0.1, -0.05) is 6.92 Å². The lowest BCUT2D eigenvalue weighted by Crippen LogP contribution is -2.20. The second-order valence-electron chi connectivity index (χ2n) is 4.98. The van der Waals surface area contributed by atoms with Crippen molar-refractivity contribution < 1.29 is 5.11 Å². The van der Waals surface area contributed by atoms with Gasteiger partial charge in [-0.05, 0) is 51.4 Å². The van der Waals surface area contributed by atoms with Gasteiger partial charge < -0.3 is 15.3 Å². The molecular weight excluding hydrogens is 238 g/mol. The molecule has 1 aromatic heterocycles. The van der Waals surface area contributed by atoms with Crippen molar-refractivity contribution >= 4 is 5.69 Å². The molecular formula is C15H27N3O. The average Bonchev–Trinajstić information content (AvgIpc) is 2.42. The Morgan fingerprint density at radius 1 is 1.32 bits per heavy atom. The molecule has 0 atom stereocenters. The van der Waals surface area contributed by atoms with E-state index in [0.717, 1.165) is 56.7 Å². The molecule has 4 nitrogen and oxygen atoms in total. The predicted octanol–water partition coefficient (Wildman–Crippen LogP) is 2.50. The third-order valence-corrected chi connectivity index (χ3v) is 3.03. The first-order valence-electron chi connectivity index (χ1n) is 7.24. The highest BCUT2D eigenvalue weighted by Gasteiger charge is 2.02. The molecule has 19 heavy (non-hydrogen) atoms. The quantitative estimate of drug-likeness (QED) is 0.638. The highest BCUT2D eigenvalue weighted by Crippen LogP contribution is 2.10. The van der Waals surface area contributed by atoms with E-state index in [9.17, 15) is 0 Å². The molecule has 0 aliphatic heterocycles. The van der Waals surface area contributed by atoms with E-state index in [-0.39, 0.29) is 0 Å². The van der Waals surface area contributed by atoms with Crippen molar-refractivity contribution in [2.24, 2.45) is 0 Å². The maximum Gasteiger partial charge on any atom is 0.0564 e. The fourth-order valence-corrected chi connectivity index (χ4v) is 1.97. The van der Waals surface area contributed by atoms with E-state index in [0.29, 0.717) is 6.61 Å². The summed E-state index contributed by atoms with van der Waals surface area (Å²) in [5.74, 6) is 0. The predicted molar refractivity (Wildman–Crippen MR) is 80.3 cm³/mol. The second-order valence-corrected chi connectivity index (χ2v) is 4.98. The molecule has 0 unspecified atom stereocenters. The number of pyridine rings is 1. The topological polar surface area (TPSA) is 48.4 Å². The normalized spacial score (nSPS) is 10.9. The van der Waals surface area contributed by atoms with Crippen molar-refractivity contribution in [3.8, 4) is 0 Å². The van der Waals surface area contributed by atoms with Crippen molar-refractivity contribution in [3.63, 3.8) is 0 Å². The number of unbranched alkanes of at least 4 members (excludes halogenated alkanes) is 2. The molecule has 0 saturated heterocycles. The summed E-state index contributed by atoms with van der Waals surface area (Å²) in [7, 11) is 2.12. The van der Waals surface area contributed by atoms with Gasteiger partial charge in [0, 0.05) is 31.6 Å². The van der Waals surface area contributed by atoms with Gasteiger partial charge in [-0.2, -0.15) is 0 Å². The lowest BCUT2D eigenvalue weighted by molar-refractivity contribution is 0.270. The van der Waals surface area contributed by atoms with E-state index in [1.807, 2.05) is 12.3 Å². The molecule has 0 aliphatic carbocycles. The minimum Gasteiger partial charge on any atom is -0.396 e. The number of aromatic nitrogens is 1. The maximum absolute atomic E-state index is 8.74. The third kappa shape index (κ3) is 7.13. The Balaban J connectivity index is 2.34. The van der Waals surface area contributed by atoms with Crippen LogP contribution in [-0.2, 0) is 6.54 Å². The number of nitrogens with zero attached hydrogens (tertiary/aromatic N) is 2. The van der Waals surface area contributed by atoms with Crippen molar-refractivity contribution in [1.29, 1.82) is 0 Å². The van der Waals surface area contributed by atoms with Crippen LogP contribution in [0, 0.1) is 0 Å². The average molecular weight is 265 g/mol. The fraction of sp³-hybridized carbons (Fsp3) is 0.667. The first-order chi connectivity index (χ1) is 9.26. The summed E-state index contributed by atoms with van der Waals surface area (Å²) < 4.78 is 0. The molecule has 0 bridgehead atoms. The van der Waals surface area contributed by atoms with Gasteiger partial charge in [-0.15, -0.1) is 0 Å². The molecule has 2 N–H and O–H groups in total. The zero-order valence-corrected chi connectivity index (χ0v) is 12.2. The molecule has 1 heterocycles. The third-order valence-electron chi connectivity index (χ3n) is 3.03. The van der Waals surface area contributed by atoms with E-state index in [1.165, 1.54) is 0 Å². The summed E-state index contributed by atoms with van der Waals surface area (Å²) in [6, 6.07) is 4.14. The van der Waals surface area contributed by atoms with Gasteiger partial charge in [0.2, 0.25) is 0 Å². The Labute approximate surface area is 116 Å². The molecule has 0 radical (unpaired) electrons. The van der Waals surface area contributed by atoms with Crippen LogP contribution >= 0.6 is 0 Å². The fourth-order valence-electron chi connectivity index (χ4n) is 1.97. The summed E-state index contributed by atoms with van der Waals surface area (Å²) in [5, 5.41) is 12.1. The van der Waals surface area contributed by atoms with Crippen LogP contribution < -0.4 is 5.32 Å². The van der Waals surface area contributed by atoms with E-state index in [1.54, 1.807) is 0 Å². The SMILES string of the molecule is CCCNc1ccnc(CN(C)CCCCCO)c1. The van der Waals surface area contributed by atoms with Crippen LogP contribution in [0.2, 0.25) is 0 Å². The lowest BCUT2D eigenvalue weighted by Gasteiger charge is -2.16. The van der Waals surface area contributed by atoms with Crippen LogP contribution in [-0.4, -0.2) is 41.7 Å². The number of hydrogen-bond donors (Lipinski definition) is 2. The molecule has 0 fully saturated rings. The first-order valence-corrected chi connectivity index (χ1v) is 7.24. The number of nitrogens with one attached hydrogen (secondary N) is 1. The zero-order chi connectivity index (χ0) is 13.9. The number of aliphatic hydroxyl groups is 1. The van der Waals surface area contributed by atoms with Gasteiger partial charge >= 0.3 is 0 Å². The minimum atomic E-state index is 0.302. The Hall–Kier alpha value is -1.13. The molecule has 0 amide bonds.